The van der Waals surface area contributed by atoms with Crippen LogP contribution in [0.15, 0.2) is 18.2 Å². The quantitative estimate of drug-likeness (QED) is 0.896. The van der Waals surface area contributed by atoms with E-state index in [9.17, 15) is 14.0 Å². The van der Waals surface area contributed by atoms with Gasteiger partial charge in [-0.15, -0.1) is 0 Å². The van der Waals surface area contributed by atoms with Crippen molar-refractivity contribution in [2.75, 3.05) is 25.0 Å². The van der Waals surface area contributed by atoms with Crippen LogP contribution in [0, 0.1) is 5.82 Å². The smallest absolute Gasteiger partial charge is 0.322 e. The van der Waals surface area contributed by atoms with Crippen molar-refractivity contribution in [2.24, 2.45) is 0 Å². The van der Waals surface area contributed by atoms with Gasteiger partial charge in [0.15, 0.2) is 0 Å². The minimum Gasteiger partial charge on any atom is -0.481 e. The van der Waals surface area contributed by atoms with Gasteiger partial charge in [0.25, 0.3) is 0 Å². The molecule has 0 spiro atoms. The number of hydrogen-bond acceptors (Lipinski definition) is 3. The normalized spacial score (nSPS) is 18.4. The number of carboxylic acid groups (broad SMARTS) is 1. The molecule has 1 heterocycles. The SMILES string of the molecule is O=C(O)CC1CN(C(=O)Nc2cc(F)cc(Cl)c2)CCO1. The van der Waals surface area contributed by atoms with Gasteiger partial charge in [-0.3, -0.25) is 4.79 Å². The third-order valence-electron chi connectivity index (χ3n) is 2.94. The van der Waals surface area contributed by atoms with E-state index in [1.165, 1.54) is 11.0 Å². The summed E-state index contributed by atoms with van der Waals surface area (Å²) in [6.07, 6.45) is -0.714. The van der Waals surface area contributed by atoms with Crippen molar-refractivity contribution in [3.63, 3.8) is 0 Å². The fourth-order valence-electron chi connectivity index (χ4n) is 2.05. The number of hydrogen-bond donors (Lipinski definition) is 2. The molecule has 21 heavy (non-hydrogen) atoms. The lowest BCUT2D eigenvalue weighted by Gasteiger charge is -2.32. The zero-order valence-electron chi connectivity index (χ0n) is 11.0. The van der Waals surface area contributed by atoms with Crippen molar-refractivity contribution in [3.05, 3.63) is 29.0 Å². The van der Waals surface area contributed by atoms with Gasteiger partial charge in [0.05, 0.1) is 19.1 Å². The Labute approximate surface area is 125 Å². The molecule has 6 nitrogen and oxygen atoms in total. The van der Waals surface area contributed by atoms with Gasteiger partial charge in [-0.05, 0) is 18.2 Å². The highest BCUT2D eigenvalue weighted by molar-refractivity contribution is 6.30. The highest BCUT2D eigenvalue weighted by Crippen LogP contribution is 2.19. The van der Waals surface area contributed by atoms with Crippen LogP contribution in [-0.4, -0.2) is 47.8 Å². The van der Waals surface area contributed by atoms with E-state index in [0.29, 0.717) is 6.54 Å². The number of aliphatic carboxylic acids is 1. The lowest BCUT2D eigenvalue weighted by Crippen LogP contribution is -2.47. The number of benzene rings is 1. The standard InChI is InChI=1S/C13H14ClFN2O4/c14-8-3-9(15)5-10(4-8)16-13(20)17-1-2-21-11(7-17)6-12(18)19/h3-5,11H,1-2,6-7H2,(H,16,20)(H,18,19). The number of rotatable bonds is 3. The predicted octanol–water partition coefficient (Wildman–Crippen LogP) is 2.19. The molecule has 8 heteroatoms. The van der Waals surface area contributed by atoms with Gasteiger partial charge < -0.3 is 20.1 Å². The van der Waals surface area contributed by atoms with E-state index in [4.69, 9.17) is 21.4 Å². The van der Waals surface area contributed by atoms with Crippen LogP contribution in [0.5, 0.6) is 0 Å². The molecule has 1 atom stereocenters. The van der Waals surface area contributed by atoms with Gasteiger partial charge >= 0.3 is 12.0 Å². The first-order chi connectivity index (χ1) is 9.94. The van der Waals surface area contributed by atoms with E-state index in [1.807, 2.05) is 0 Å². The van der Waals surface area contributed by atoms with Crippen LogP contribution in [0.2, 0.25) is 5.02 Å². The van der Waals surface area contributed by atoms with E-state index in [1.54, 1.807) is 0 Å². The minimum atomic E-state index is -0.987. The number of halogens is 2. The maximum Gasteiger partial charge on any atom is 0.322 e. The molecule has 2 N–H and O–H groups in total. The van der Waals surface area contributed by atoms with Crippen LogP contribution in [0.3, 0.4) is 0 Å². The number of anilines is 1. The summed E-state index contributed by atoms with van der Waals surface area (Å²) in [4.78, 5) is 24.1. The van der Waals surface area contributed by atoms with Crippen molar-refractivity contribution < 1.29 is 23.8 Å². The monoisotopic (exact) mass is 316 g/mol. The molecule has 0 saturated carbocycles. The second kappa shape index (κ2) is 6.73. The van der Waals surface area contributed by atoms with Gasteiger partial charge in [0.1, 0.15) is 5.82 Å². The fourth-order valence-corrected chi connectivity index (χ4v) is 2.27. The summed E-state index contributed by atoms with van der Waals surface area (Å²) in [5.41, 5.74) is 0.242. The van der Waals surface area contributed by atoms with Crippen LogP contribution in [-0.2, 0) is 9.53 Å². The van der Waals surface area contributed by atoms with E-state index < -0.39 is 23.9 Å². The van der Waals surface area contributed by atoms with Crippen LogP contribution >= 0.6 is 11.6 Å². The summed E-state index contributed by atoms with van der Waals surface area (Å²) in [5, 5.41) is 11.4. The number of nitrogens with one attached hydrogen (secondary N) is 1. The van der Waals surface area contributed by atoms with E-state index >= 15 is 0 Å². The maximum atomic E-state index is 13.2. The average molecular weight is 317 g/mol. The molecule has 2 rings (SSSR count). The van der Waals surface area contributed by atoms with Crippen LogP contribution in [0.25, 0.3) is 0 Å². The van der Waals surface area contributed by atoms with E-state index in [-0.39, 0.29) is 30.3 Å². The molecule has 1 aliphatic heterocycles. The van der Waals surface area contributed by atoms with Crippen LogP contribution in [0.4, 0.5) is 14.9 Å². The zero-order chi connectivity index (χ0) is 15.4. The second-order valence-corrected chi connectivity index (χ2v) is 5.06. The third-order valence-corrected chi connectivity index (χ3v) is 3.16. The molecule has 0 radical (unpaired) electrons. The van der Waals surface area contributed by atoms with Crippen LogP contribution < -0.4 is 5.32 Å². The summed E-state index contributed by atoms with van der Waals surface area (Å²) in [5.74, 6) is -1.54. The molecule has 1 aromatic carbocycles. The second-order valence-electron chi connectivity index (χ2n) is 4.62. The number of carboxylic acids is 1. The van der Waals surface area contributed by atoms with E-state index in [0.717, 1.165) is 12.1 Å². The number of amides is 2. The molecule has 1 saturated heterocycles. The van der Waals surface area contributed by atoms with E-state index in [2.05, 4.69) is 5.32 Å². The largest absolute Gasteiger partial charge is 0.481 e. The number of nitrogens with zero attached hydrogens (tertiary/aromatic N) is 1. The van der Waals surface area contributed by atoms with Crippen molar-refractivity contribution in [2.45, 2.75) is 12.5 Å². The maximum absolute atomic E-state index is 13.2. The molecular weight excluding hydrogens is 303 g/mol. The lowest BCUT2D eigenvalue weighted by molar-refractivity contribution is -0.141. The van der Waals surface area contributed by atoms with Crippen molar-refractivity contribution in [1.82, 2.24) is 4.90 Å². The molecule has 2 amide bonds. The molecule has 1 unspecified atom stereocenters. The number of morpholine rings is 1. The Bertz CT molecular complexity index is 535. The van der Waals surface area contributed by atoms with Crippen LogP contribution in [0.1, 0.15) is 6.42 Å². The molecule has 1 aromatic rings. The Balaban J connectivity index is 1.97. The number of ether oxygens (including phenoxy) is 1. The summed E-state index contributed by atoms with van der Waals surface area (Å²) >= 11 is 5.71. The highest BCUT2D eigenvalue weighted by atomic mass is 35.5. The Morgan fingerprint density at radius 3 is 2.90 bits per heavy atom. The molecule has 0 aromatic heterocycles. The molecule has 0 bridgehead atoms. The molecule has 1 aliphatic rings. The van der Waals surface area contributed by atoms with Gasteiger partial charge in [-0.1, -0.05) is 11.6 Å². The Morgan fingerprint density at radius 1 is 1.48 bits per heavy atom. The first kappa shape index (κ1) is 15.5. The number of carbonyl (C=O) groups is 2. The first-order valence-electron chi connectivity index (χ1n) is 6.29. The van der Waals surface area contributed by atoms with Gasteiger partial charge in [-0.2, -0.15) is 0 Å². The van der Waals surface area contributed by atoms with Crippen molar-refractivity contribution >= 4 is 29.3 Å². The highest BCUT2D eigenvalue weighted by Gasteiger charge is 2.26. The topological polar surface area (TPSA) is 78.9 Å². The Hall–Kier alpha value is -1.86. The molecule has 0 aliphatic carbocycles. The van der Waals surface area contributed by atoms with Crippen molar-refractivity contribution in [1.29, 1.82) is 0 Å². The fraction of sp³-hybridized carbons (Fsp3) is 0.385. The van der Waals surface area contributed by atoms with Crippen molar-refractivity contribution in [3.8, 4) is 0 Å². The summed E-state index contributed by atoms with van der Waals surface area (Å²) in [6, 6.07) is 3.27. The average Bonchev–Trinajstić information content (AvgIpc) is 2.36. The third kappa shape index (κ3) is 4.57. The summed E-state index contributed by atoms with van der Waals surface area (Å²) in [6.45, 7) is 0.765. The Morgan fingerprint density at radius 2 is 2.24 bits per heavy atom. The summed E-state index contributed by atoms with van der Waals surface area (Å²) < 4.78 is 18.5. The van der Waals surface area contributed by atoms with Gasteiger partial charge in [0.2, 0.25) is 0 Å². The molecular formula is C13H14ClFN2O4. The lowest BCUT2D eigenvalue weighted by atomic mass is 10.2. The zero-order valence-corrected chi connectivity index (χ0v) is 11.8. The molecule has 1 fully saturated rings. The Kier molecular flexibility index (Phi) is 4.98. The number of carbonyl (C=O) groups excluding carboxylic acids is 1. The molecule has 114 valence electrons. The van der Waals surface area contributed by atoms with Gasteiger partial charge in [-0.25, -0.2) is 9.18 Å². The predicted molar refractivity (Wildman–Crippen MR) is 74.0 cm³/mol. The minimum absolute atomic E-state index is 0.168. The summed E-state index contributed by atoms with van der Waals surface area (Å²) in [7, 11) is 0. The number of urea groups is 1. The van der Waals surface area contributed by atoms with Gasteiger partial charge in [0, 0.05) is 23.8 Å². The first-order valence-corrected chi connectivity index (χ1v) is 6.67.